The monoisotopic (exact) mass is 277 g/mol. The van der Waals surface area contributed by atoms with Crippen molar-refractivity contribution in [2.45, 2.75) is 32.5 Å². The largest absolute Gasteiger partial charge is 0.348 e. The van der Waals surface area contributed by atoms with Gasteiger partial charge in [0.25, 0.3) is 0 Å². The maximum atomic E-state index is 12.1. The number of carbonyl (C=O) groups is 1. The van der Waals surface area contributed by atoms with E-state index in [9.17, 15) is 4.79 Å². The molecule has 0 radical (unpaired) electrons. The van der Waals surface area contributed by atoms with Crippen LogP contribution in [-0.4, -0.2) is 26.9 Å². The first-order valence-electron chi connectivity index (χ1n) is 6.15. The highest BCUT2D eigenvalue weighted by atomic mass is 32.1. The normalized spacial score (nSPS) is 18.1. The van der Waals surface area contributed by atoms with Gasteiger partial charge in [0.2, 0.25) is 5.91 Å². The van der Waals surface area contributed by atoms with Gasteiger partial charge in [0, 0.05) is 24.0 Å². The van der Waals surface area contributed by atoms with Crippen LogP contribution in [-0.2, 0) is 24.3 Å². The van der Waals surface area contributed by atoms with Gasteiger partial charge in [-0.3, -0.25) is 10.1 Å². The molecule has 1 amide bonds. The number of amides is 1. The van der Waals surface area contributed by atoms with Crippen LogP contribution in [0.25, 0.3) is 0 Å². The van der Waals surface area contributed by atoms with Crippen LogP contribution in [0.15, 0.2) is 11.7 Å². The van der Waals surface area contributed by atoms with Crippen molar-refractivity contribution >= 4 is 17.2 Å². The second kappa shape index (κ2) is 5.10. The Morgan fingerprint density at radius 2 is 2.53 bits per heavy atom. The molecule has 6 nitrogen and oxygen atoms in total. The average Bonchev–Trinajstić information content (AvgIpc) is 3.03. The van der Waals surface area contributed by atoms with Crippen molar-refractivity contribution in [3.63, 3.8) is 0 Å². The Kier molecular flexibility index (Phi) is 3.31. The van der Waals surface area contributed by atoms with Gasteiger partial charge in [0.05, 0.1) is 30.3 Å². The molecule has 1 unspecified atom stereocenters. The number of H-pyrrole nitrogens is 1. The quantitative estimate of drug-likeness (QED) is 0.763. The lowest BCUT2D eigenvalue weighted by Gasteiger charge is -2.21. The van der Waals surface area contributed by atoms with Gasteiger partial charge in [0.1, 0.15) is 5.01 Å². The van der Waals surface area contributed by atoms with Gasteiger partial charge >= 0.3 is 0 Å². The van der Waals surface area contributed by atoms with Crippen LogP contribution >= 0.6 is 11.3 Å². The van der Waals surface area contributed by atoms with Crippen molar-refractivity contribution in [1.82, 2.24) is 25.6 Å². The van der Waals surface area contributed by atoms with E-state index < -0.39 is 0 Å². The fourth-order valence-electron chi connectivity index (χ4n) is 2.12. The third-order valence-electron chi connectivity index (χ3n) is 3.13. The molecule has 1 aliphatic heterocycles. The SMILES string of the molecule is Cc1csc(CNC(=O)C2Cc3nc[nH]c3CN2)n1. The predicted molar refractivity (Wildman–Crippen MR) is 71.6 cm³/mol. The third-order valence-corrected chi connectivity index (χ3v) is 4.09. The molecular formula is C12H15N5OS. The molecule has 0 fully saturated rings. The Hall–Kier alpha value is -1.73. The standard InChI is InChI=1S/C12H15N5OS/c1-7-5-19-11(17-7)4-14-12(18)9-2-8-10(3-13-9)16-6-15-8/h5-6,9,13H,2-4H2,1H3,(H,14,18)(H,15,16). The Morgan fingerprint density at radius 1 is 1.63 bits per heavy atom. The highest BCUT2D eigenvalue weighted by molar-refractivity contribution is 7.09. The summed E-state index contributed by atoms with van der Waals surface area (Å²) < 4.78 is 0. The zero-order valence-corrected chi connectivity index (χ0v) is 11.4. The van der Waals surface area contributed by atoms with Crippen molar-refractivity contribution in [1.29, 1.82) is 0 Å². The fourth-order valence-corrected chi connectivity index (χ4v) is 2.84. The average molecular weight is 277 g/mol. The maximum absolute atomic E-state index is 12.1. The van der Waals surface area contributed by atoms with Crippen LogP contribution in [0.1, 0.15) is 22.1 Å². The Bertz CT molecular complexity index is 590. The van der Waals surface area contributed by atoms with Crippen molar-refractivity contribution in [2.24, 2.45) is 0 Å². The minimum Gasteiger partial charge on any atom is -0.348 e. The van der Waals surface area contributed by atoms with Crippen molar-refractivity contribution in [3.05, 3.63) is 33.8 Å². The van der Waals surface area contributed by atoms with Gasteiger partial charge in [-0.15, -0.1) is 11.3 Å². The molecule has 1 atom stereocenters. The molecule has 2 aromatic heterocycles. The molecule has 3 rings (SSSR count). The number of aromatic amines is 1. The predicted octanol–water partition coefficient (Wildman–Crippen LogP) is 0.505. The van der Waals surface area contributed by atoms with Crippen LogP contribution in [0.4, 0.5) is 0 Å². The zero-order valence-electron chi connectivity index (χ0n) is 10.6. The molecule has 0 spiro atoms. The first-order valence-corrected chi connectivity index (χ1v) is 7.03. The molecule has 7 heteroatoms. The number of nitrogens with one attached hydrogen (secondary N) is 3. The molecule has 2 aromatic rings. The second-order valence-corrected chi connectivity index (χ2v) is 5.51. The molecule has 3 heterocycles. The smallest absolute Gasteiger partial charge is 0.237 e. The summed E-state index contributed by atoms with van der Waals surface area (Å²) in [5.41, 5.74) is 3.04. The number of nitrogens with zero attached hydrogens (tertiary/aromatic N) is 2. The van der Waals surface area contributed by atoms with Crippen molar-refractivity contribution in [2.75, 3.05) is 0 Å². The third kappa shape index (κ3) is 2.66. The Labute approximate surface area is 114 Å². The summed E-state index contributed by atoms with van der Waals surface area (Å²) in [6.07, 6.45) is 2.30. The Morgan fingerprint density at radius 3 is 3.32 bits per heavy atom. The van der Waals surface area contributed by atoms with Gasteiger partial charge in [-0.2, -0.15) is 0 Å². The number of thiazole rings is 1. The summed E-state index contributed by atoms with van der Waals surface area (Å²) in [4.78, 5) is 23.7. The number of aromatic nitrogens is 3. The lowest BCUT2D eigenvalue weighted by Crippen LogP contribution is -2.47. The van der Waals surface area contributed by atoms with E-state index in [1.807, 2.05) is 12.3 Å². The summed E-state index contributed by atoms with van der Waals surface area (Å²) in [5, 5.41) is 9.03. The lowest BCUT2D eigenvalue weighted by molar-refractivity contribution is -0.123. The first-order chi connectivity index (χ1) is 9.22. The lowest BCUT2D eigenvalue weighted by atomic mass is 10.0. The van der Waals surface area contributed by atoms with Crippen LogP contribution in [0.5, 0.6) is 0 Å². The molecule has 1 aliphatic rings. The van der Waals surface area contributed by atoms with E-state index in [-0.39, 0.29) is 11.9 Å². The van der Waals surface area contributed by atoms with Crippen molar-refractivity contribution < 1.29 is 4.79 Å². The van der Waals surface area contributed by atoms with Crippen LogP contribution in [0, 0.1) is 6.92 Å². The molecule has 19 heavy (non-hydrogen) atoms. The summed E-state index contributed by atoms with van der Waals surface area (Å²) in [5.74, 6) is 0.00139. The summed E-state index contributed by atoms with van der Waals surface area (Å²) in [6.45, 7) is 3.09. The van der Waals surface area contributed by atoms with E-state index in [2.05, 4.69) is 25.6 Å². The summed E-state index contributed by atoms with van der Waals surface area (Å²) in [7, 11) is 0. The number of carbonyl (C=O) groups excluding carboxylic acids is 1. The Balaban J connectivity index is 1.57. The molecule has 3 N–H and O–H groups in total. The number of hydrogen-bond donors (Lipinski definition) is 3. The van der Waals surface area contributed by atoms with Gasteiger partial charge in [-0.1, -0.05) is 0 Å². The van der Waals surface area contributed by atoms with Crippen LogP contribution < -0.4 is 10.6 Å². The summed E-state index contributed by atoms with van der Waals surface area (Å²) >= 11 is 1.56. The molecule has 0 saturated carbocycles. The highest BCUT2D eigenvalue weighted by Crippen LogP contribution is 2.13. The van der Waals surface area contributed by atoms with Gasteiger partial charge in [-0.05, 0) is 6.92 Å². The van der Waals surface area contributed by atoms with E-state index >= 15 is 0 Å². The number of rotatable bonds is 3. The van der Waals surface area contributed by atoms with Crippen LogP contribution in [0.2, 0.25) is 0 Å². The van der Waals surface area contributed by atoms with E-state index in [4.69, 9.17) is 0 Å². The van der Waals surface area contributed by atoms with Crippen LogP contribution in [0.3, 0.4) is 0 Å². The van der Waals surface area contributed by atoms with E-state index in [0.717, 1.165) is 22.1 Å². The summed E-state index contributed by atoms with van der Waals surface area (Å²) in [6, 6.07) is -0.211. The molecular weight excluding hydrogens is 262 g/mol. The number of fused-ring (bicyclic) bond motifs is 1. The molecule has 0 aliphatic carbocycles. The van der Waals surface area contributed by atoms with Gasteiger partial charge in [0.15, 0.2) is 0 Å². The number of aryl methyl sites for hydroxylation is 1. The molecule has 0 aromatic carbocycles. The number of hydrogen-bond acceptors (Lipinski definition) is 5. The molecule has 100 valence electrons. The molecule has 0 saturated heterocycles. The van der Waals surface area contributed by atoms with E-state index in [1.54, 1.807) is 17.7 Å². The van der Waals surface area contributed by atoms with E-state index in [1.165, 1.54) is 0 Å². The van der Waals surface area contributed by atoms with Gasteiger partial charge in [-0.25, -0.2) is 9.97 Å². The first kappa shape index (κ1) is 12.3. The van der Waals surface area contributed by atoms with E-state index in [0.29, 0.717) is 19.5 Å². The highest BCUT2D eigenvalue weighted by Gasteiger charge is 2.25. The molecule has 0 bridgehead atoms. The topological polar surface area (TPSA) is 82.7 Å². The van der Waals surface area contributed by atoms with Crippen molar-refractivity contribution in [3.8, 4) is 0 Å². The minimum atomic E-state index is -0.211. The second-order valence-electron chi connectivity index (χ2n) is 4.57. The minimum absolute atomic E-state index is 0.00139. The maximum Gasteiger partial charge on any atom is 0.237 e. The van der Waals surface area contributed by atoms with Gasteiger partial charge < -0.3 is 10.3 Å². The zero-order chi connectivity index (χ0) is 13.2. The number of imidazole rings is 1. The fraction of sp³-hybridized carbons (Fsp3) is 0.417.